The maximum atomic E-state index is 10.4. The quantitative estimate of drug-likeness (QED) is 0.140. The first kappa shape index (κ1) is 72.2. The Balaban J connectivity index is -0.000000162. The van der Waals surface area contributed by atoms with Crippen molar-refractivity contribution in [3.05, 3.63) is 180 Å². The molecule has 0 radical (unpaired) electrons. The van der Waals surface area contributed by atoms with Crippen molar-refractivity contribution in [2.75, 3.05) is 0 Å². The smallest absolute Gasteiger partial charge is 0.373 e. The van der Waals surface area contributed by atoms with Gasteiger partial charge in [0.25, 0.3) is 5.69 Å². The van der Waals surface area contributed by atoms with Gasteiger partial charge in [-0.05, 0) is 84.7 Å². The molecule has 5 rings (SSSR count). The lowest BCUT2D eigenvalue weighted by Gasteiger charge is -2.18. The second-order valence-corrected chi connectivity index (χ2v) is 20.7. The van der Waals surface area contributed by atoms with Gasteiger partial charge in [-0.3, -0.25) is 10.1 Å². The van der Waals surface area contributed by atoms with E-state index in [1.54, 1.807) is 24.3 Å². The Morgan fingerprint density at radius 3 is 0.969 bits per heavy atom. The summed E-state index contributed by atoms with van der Waals surface area (Å²) in [5.41, 5.74) is 8.67. The number of carbonyl (C=O) groups excluding carboxylic acids is 2. The number of hydrogen-bond donors (Lipinski definition) is 1. The average molecular weight is 984 g/mol. The molecule has 5 aromatic carbocycles. The van der Waals surface area contributed by atoms with E-state index in [4.69, 9.17) is 26.3 Å². The summed E-state index contributed by atoms with van der Waals surface area (Å²) in [6.07, 6.45) is 0.250. The number of non-ortho nitro benzene ring substituents is 1. The van der Waals surface area contributed by atoms with Gasteiger partial charge in [-0.25, -0.2) is 0 Å². The highest BCUT2D eigenvalue weighted by Gasteiger charge is 2.16. The summed E-state index contributed by atoms with van der Waals surface area (Å²) in [6.45, 7) is 32.8. The van der Waals surface area contributed by atoms with E-state index in [2.05, 4.69) is 199 Å². The van der Waals surface area contributed by atoms with Gasteiger partial charge >= 0.3 is 6.15 Å². The van der Waals surface area contributed by atoms with E-state index < -0.39 is 0 Å². The average Bonchev–Trinajstić information content (AvgIpc) is 3.15. The molecule has 0 aliphatic carbocycles. The summed E-state index contributed by atoms with van der Waals surface area (Å²) >= 11 is 9.17. The number of nitro groups is 1. The predicted octanol–water partition coefficient (Wildman–Crippen LogP) is 18.3. The fraction of sp³-hybridized carbons (Fsp3) is 0.456. The van der Waals surface area contributed by atoms with Crippen molar-refractivity contribution < 1.29 is 19.6 Å². The molecule has 366 valence electrons. The normalized spacial score (nSPS) is 10.2. The first-order chi connectivity index (χ1) is 27.5. The summed E-state index contributed by atoms with van der Waals surface area (Å²) in [7, 11) is 0. The number of nitro benzene ring substituents is 1. The van der Waals surface area contributed by atoms with Crippen LogP contribution < -0.4 is 0 Å². The molecule has 8 heteroatoms. The Morgan fingerprint density at radius 1 is 0.477 bits per heavy atom. The van der Waals surface area contributed by atoms with Gasteiger partial charge in [-0.15, -0.1) is 0 Å². The monoisotopic (exact) mass is 982 g/mol. The van der Waals surface area contributed by atoms with Gasteiger partial charge in [0, 0.05) is 21.6 Å². The standard InChI is InChI=1S/C11H16O.C10H13Br.C10H13Cl.C10H13NO2.C10H14.CO2.5CH4/c1-11(2,3)10-6-4-9(8-12)5-7-10;2*1-10(2,3)8-4-6-9(11)7-5-8;1-10(2,3)8-4-6-9(7-5-8)11(12)13;1-10(2,3)9-7-5-4-6-8-9;2-1-3;;;;;/h4-7,12H,8H2,1-3H3;2*4-7H,1-3H3;4-7H,1-3H3;4-8H,1-3H3;;5*1H4. The Bertz CT molecular complexity index is 1920. The SMILES string of the molecule is C.C.C.C.C.CC(C)(C)c1ccc(Br)cc1.CC(C)(C)c1ccc(CO)cc1.CC(C)(C)c1ccc(Cl)cc1.CC(C)(C)c1ccc([N+](=O)[O-])cc1.CC(C)(C)c1ccccc1.O=C=O. The molecule has 0 atom stereocenters. The zero-order valence-corrected chi connectivity index (χ0v) is 41.0. The molecular formula is C57H89BrClNO5. The van der Waals surface area contributed by atoms with Crippen LogP contribution in [0.2, 0.25) is 5.02 Å². The molecule has 0 heterocycles. The molecule has 1 N–H and O–H groups in total. The zero-order chi connectivity index (χ0) is 46.5. The van der Waals surface area contributed by atoms with Crippen LogP contribution >= 0.6 is 27.5 Å². The van der Waals surface area contributed by atoms with Crippen LogP contribution in [-0.4, -0.2) is 16.2 Å². The van der Waals surface area contributed by atoms with E-state index in [9.17, 15) is 10.1 Å². The van der Waals surface area contributed by atoms with Crippen molar-refractivity contribution in [3.8, 4) is 0 Å². The van der Waals surface area contributed by atoms with Crippen LogP contribution in [-0.2, 0) is 43.3 Å². The molecule has 0 amide bonds. The van der Waals surface area contributed by atoms with E-state index in [0.717, 1.165) is 20.6 Å². The molecule has 0 aliphatic heterocycles. The Kier molecular flexibility index (Phi) is 36.8. The van der Waals surface area contributed by atoms with E-state index in [0.29, 0.717) is 5.41 Å². The van der Waals surface area contributed by atoms with Gasteiger partial charge in [0.2, 0.25) is 0 Å². The van der Waals surface area contributed by atoms with Gasteiger partial charge in [-0.1, -0.05) is 260 Å². The molecule has 0 saturated carbocycles. The van der Waals surface area contributed by atoms with Gasteiger partial charge in [0.1, 0.15) is 0 Å². The largest absolute Gasteiger partial charge is 0.392 e. The molecule has 6 nitrogen and oxygen atoms in total. The van der Waals surface area contributed by atoms with Crippen LogP contribution in [0.3, 0.4) is 0 Å². The van der Waals surface area contributed by atoms with Gasteiger partial charge in [0.15, 0.2) is 0 Å². The maximum Gasteiger partial charge on any atom is 0.373 e. The third-order valence-corrected chi connectivity index (χ3v) is 9.79. The van der Waals surface area contributed by atoms with Crippen molar-refractivity contribution >= 4 is 39.4 Å². The molecular weight excluding hydrogens is 894 g/mol. The number of benzene rings is 5. The molecule has 0 unspecified atom stereocenters. The molecule has 65 heavy (non-hydrogen) atoms. The first-order valence-electron chi connectivity index (χ1n) is 20.0. The highest BCUT2D eigenvalue weighted by Crippen LogP contribution is 2.26. The third-order valence-electron chi connectivity index (χ3n) is 9.01. The second-order valence-electron chi connectivity index (χ2n) is 19.4. The highest BCUT2D eigenvalue weighted by atomic mass is 79.9. The number of halogens is 2. The van der Waals surface area contributed by atoms with E-state index in [-0.39, 0.29) is 82.2 Å². The minimum Gasteiger partial charge on any atom is -0.392 e. The van der Waals surface area contributed by atoms with Crippen molar-refractivity contribution in [3.63, 3.8) is 0 Å². The first-order valence-corrected chi connectivity index (χ1v) is 21.2. The van der Waals surface area contributed by atoms with Crippen LogP contribution in [0.15, 0.2) is 132 Å². The molecule has 0 aromatic heterocycles. The number of hydrogen-bond acceptors (Lipinski definition) is 5. The lowest BCUT2D eigenvalue weighted by atomic mass is 9.87. The van der Waals surface area contributed by atoms with Crippen LogP contribution in [0.1, 0.15) is 174 Å². The Labute approximate surface area is 412 Å². The minimum atomic E-state index is -0.383. The van der Waals surface area contributed by atoms with Crippen LogP contribution in [0, 0.1) is 10.1 Å². The summed E-state index contributed by atoms with van der Waals surface area (Å²) < 4.78 is 1.14. The number of nitrogens with zero attached hydrogens (tertiary/aromatic N) is 1. The third kappa shape index (κ3) is 31.2. The maximum absolute atomic E-state index is 10.4. The molecule has 0 saturated heterocycles. The van der Waals surface area contributed by atoms with Crippen LogP contribution in [0.25, 0.3) is 0 Å². The van der Waals surface area contributed by atoms with Crippen molar-refractivity contribution in [1.29, 1.82) is 0 Å². The van der Waals surface area contributed by atoms with Crippen LogP contribution in [0.5, 0.6) is 0 Å². The highest BCUT2D eigenvalue weighted by molar-refractivity contribution is 9.10. The van der Waals surface area contributed by atoms with Crippen molar-refractivity contribution in [2.24, 2.45) is 0 Å². The lowest BCUT2D eigenvalue weighted by molar-refractivity contribution is -0.384. The van der Waals surface area contributed by atoms with Gasteiger partial charge < -0.3 is 5.11 Å². The van der Waals surface area contributed by atoms with E-state index in [1.807, 2.05) is 24.3 Å². The van der Waals surface area contributed by atoms with E-state index >= 15 is 0 Å². The molecule has 0 bridgehead atoms. The van der Waals surface area contributed by atoms with Crippen molar-refractivity contribution in [1.82, 2.24) is 0 Å². The molecule has 0 fully saturated rings. The molecule has 5 aromatic rings. The summed E-state index contributed by atoms with van der Waals surface area (Å²) in [5, 5.41) is 20.0. The predicted molar refractivity (Wildman–Crippen MR) is 290 cm³/mol. The lowest BCUT2D eigenvalue weighted by Crippen LogP contribution is -2.10. The Hall–Kier alpha value is -4.39. The van der Waals surface area contributed by atoms with E-state index in [1.165, 1.54) is 22.3 Å². The fourth-order valence-electron chi connectivity index (χ4n) is 5.03. The number of rotatable bonds is 2. The molecule has 0 spiro atoms. The molecule has 0 aliphatic rings. The zero-order valence-electron chi connectivity index (χ0n) is 38.6. The fourth-order valence-corrected chi connectivity index (χ4v) is 5.42. The minimum absolute atomic E-state index is 0. The second kappa shape index (κ2) is 33.1. The summed E-state index contributed by atoms with van der Waals surface area (Å²) in [6, 6.07) is 41.8. The summed E-state index contributed by atoms with van der Waals surface area (Å²) in [4.78, 5) is 26.2. The Morgan fingerprint density at radius 2 is 0.723 bits per heavy atom. The number of aliphatic hydroxyl groups is 1. The topological polar surface area (TPSA) is 97.5 Å². The summed E-state index contributed by atoms with van der Waals surface area (Å²) in [5.74, 6) is 0. The number of aliphatic hydroxyl groups excluding tert-OH is 1. The van der Waals surface area contributed by atoms with Crippen molar-refractivity contribution in [2.45, 2.75) is 175 Å². The van der Waals surface area contributed by atoms with Crippen LogP contribution in [0.4, 0.5) is 5.69 Å². The van der Waals surface area contributed by atoms with Gasteiger partial charge in [-0.2, -0.15) is 9.59 Å². The van der Waals surface area contributed by atoms with Gasteiger partial charge in [0.05, 0.1) is 11.5 Å².